The summed E-state index contributed by atoms with van der Waals surface area (Å²) in [6.45, 7) is 2.56. The molecule has 1 aliphatic heterocycles. The van der Waals surface area contributed by atoms with Gasteiger partial charge in [-0.3, -0.25) is 9.36 Å². The minimum atomic E-state index is -3.19. The second-order valence-electron chi connectivity index (χ2n) is 8.64. The van der Waals surface area contributed by atoms with Gasteiger partial charge in [-0.25, -0.2) is 22.1 Å². The number of nitrogens with one attached hydrogen (secondary N) is 1. The largest absolute Gasteiger partial charge is 0.388 e. The molecule has 164 valence electrons. The molecule has 0 bridgehead atoms. The average molecular weight is 439 g/mol. The molecule has 10 heteroatoms. The van der Waals surface area contributed by atoms with Gasteiger partial charge in [-0.05, 0) is 45.1 Å². The zero-order valence-electron chi connectivity index (χ0n) is 17.1. The number of sulfonamides is 1. The molecular formula is C20H27FN4O4S. The van der Waals surface area contributed by atoms with Gasteiger partial charge in [0.15, 0.2) is 5.82 Å². The standard InChI is InChI=1S/C20H27FN4O4S/c1-20(27)7-3-4-17(20)25-16-11-18(22-12-13(16)10-15(21)19(25)26)23-14-5-8-24(9-6-14)30(2,28)29/h10-12,14,17,27H,3-9H2,1-2H3,(H,22,23)/t17-,20-/m1/s1. The van der Waals surface area contributed by atoms with Gasteiger partial charge in [0.1, 0.15) is 5.82 Å². The van der Waals surface area contributed by atoms with Crippen molar-refractivity contribution in [1.82, 2.24) is 13.9 Å². The summed E-state index contributed by atoms with van der Waals surface area (Å²) in [7, 11) is -3.19. The predicted molar refractivity (Wildman–Crippen MR) is 113 cm³/mol. The Balaban J connectivity index is 1.65. The average Bonchev–Trinajstić information content (AvgIpc) is 3.02. The van der Waals surface area contributed by atoms with Gasteiger partial charge in [0.2, 0.25) is 10.0 Å². The van der Waals surface area contributed by atoms with Gasteiger partial charge in [0.05, 0.1) is 23.4 Å². The van der Waals surface area contributed by atoms with Crippen LogP contribution in [0.5, 0.6) is 0 Å². The van der Waals surface area contributed by atoms with E-state index in [9.17, 15) is 22.7 Å². The number of hydrogen-bond acceptors (Lipinski definition) is 6. The number of rotatable bonds is 4. The van der Waals surface area contributed by atoms with Crippen LogP contribution in [-0.4, -0.2) is 58.4 Å². The molecule has 2 fully saturated rings. The predicted octanol–water partition coefficient (Wildman–Crippen LogP) is 1.85. The van der Waals surface area contributed by atoms with Crippen molar-refractivity contribution in [3.05, 3.63) is 34.5 Å². The van der Waals surface area contributed by atoms with Crippen molar-refractivity contribution in [3.63, 3.8) is 0 Å². The fourth-order valence-electron chi connectivity index (χ4n) is 4.67. The number of aromatic nitrogens is 2. The van der Waals surface area contributed by atoms with E-state index in [1.165, 1.54) is 27.4 Å². The summed E-state index contributed by atoms with van der Waals surface area (Å²) in [6, 6.07) is 2.44. The Hall–Kier alpha value is -2.04. The van der Waals surface area contributed by atoms with Crippen molar-refractivity contribution in [1.29, 1.82) is 0 Å². The lowest BCUT2D eigenvalue weighted by Gasteiger charge is -2.31. The molecule has 30 heavy (non-hydrogen) atoms. The summed E-state index contributed by atoms with van der Waals surface area (Å²) < 4.78 is 40.5. The number of anilines is 1. The fourth-order valence-corrected chi connectivity index (χ4v) is 5.54. The first-order valence-corrected chi connectivity index (χ1v) is 12.1. The van der Waals surface area contributed by atoms with Crippen LogP contribution < -0.4 is 10.9 Å². The maximum absolute atomic E-state index is 14.3. The summed E-state index contributed by atoms with van der Waals surface area (Å²) in [5, 5.41) is 14.5. The first kappa shape index (κ1) is 21.2. The van der Waals surface area contributed by atoms with Gasteiger partial charge < -0.3 is 10.4 Å². The highest BCUT2D eigenvalue weighted by molar-refractivity contribution is 7.88. The van der Waals surface area contributed by atoms with Crippen molar-refractivity contribution in [2.24, 2.45) is 0 Å². The Kier molecular flexibility index (Phi) is 5.36. The van der Waals surface area contributed by atoms with E-state index < -0.39 is 33.0 Å². The van der Waals surface area contributed by atoms with Crippen LogP contribution in [0, 0.1) is 5.82 Å². The third kappa shape index (κ3) is 3.95. The fraction of sp³-hybridized carbons (Fsp3) is 0.600. The second kappa shape index (κ2) is 7.58. The van der Waals surface area contributed by atoms with E-state index in [1.807, 2.05) is 0 Å². The van der Waals surface area contributed by atoms with Gasteiger partial charge in [0.25, 0.3) is 5.56 Å². The Morgan fingerprint density at radius 1 is 1.27 bits per heavy atom. The number of nitrogens with zero attached hydrogens (tertiary/aromatic N) is 3. The summed E-state index contributed by atoms with van der Waals surface area (Å²) in [5.41, 5.74) is -1.30. The maximum Gasteiger partial charge on any atom is 0.287 e. The third-order valence-corrected chi connectivity index (χ3v) is 7.64. The Morgan fingerprint density at radius 3 is 2.57 bits per heavy atom. The van der Waals surface area contributed by atoms with Crippen molar-refractivity contribution in [2.75, 3.05) is 24.7 Å². The lowest BCUT2D eigenvalue weighted by molar-refractivity contribution is 0.0265. The van der Waals surface area contributed by atoms with Crippen LogP contribution in [0.4, 0.5) is 10.2 Å². The molecule has 0 spiro atoms. The van der Waals surface area contributed by atoms with Crippen molar-refractivity contribution < 1.29 is 17.9 Å². The number of fused-ring (bicyclic) bond motifs is 1. The van der Waals surface area contributed by atoms with E-state index in [-0.39, 0.29) is 6.04 Å². The molecule has 2 atom stereocenters. The van der Waals surface area contributed by atoms with Crippen LogP contribution in [0.2, 0.25) is 0 Å². The summed E-state index contributed by atoms with van der Waals surface area (Å²) >= 11 is 0. The summed E-state index contributed by atoms with van der Waals surface area (Å²) in [4.78, 5) is 17.0. The number of piperidine rings is 1. The minimum absolute atomic E-state index is 0.0446. The Labute approximate surface area is 174 Å². The quantitative estimate of drug-likeness (QED) is 0.755. The molecule has 2 aromatic rings. The van der Waals surface area contributed by atoms with Crippen molar-refractivity contribution in [2.45, 2.75) is 56.7 Å². The number of pyridine rings is 2. The van der Waals surface area contributed by atoms with E-state index in [4.69, 9.17) is 0 Å². The first-order valence-electron chi connectivity index (χ1n) is 10.2. The highest BCUT2D eigenvalue weighted by Crippen LogP contribution is 2.39. The number of halogens is 1. The molecule has 0 radical (unpaired) electrons. The summed E-state index contributed by atoms with van der Waals surface area (Å²) in [6.07, 6.45) is 5.92. The van der Waals surface area contributed by atoms with E-state index in [1.54, 1.807) is 13.0 Å². The molecule has 0 aromatic carbocycles. The van der Waals surface area contributed by atoms with Crippen molar-refractivity contribution >= 4 is 26.7 Å². The third-order valence-electron chi connectivity index (χ3n) is 6.34. The normalized spacial score (nSPS) is 26.3. The lowest BCUT2D eigenvalue weighted by Crippen LogP contribution is -2.42. The first-order chi connectivity index (χ1) is 14.1. The molecule has 2 N–H and O–H groups in total. The molecule has 8 nitrogen and oxygen atoms in total. The zero-order valence-corrected chi connectivity index (χ0v) is 18.0. The van der Waals surface area contributed by atoms with Crippen LogP contribution in [0.15, 0.2) is 23.1 Å². The van der Waals surface area contributed by atoms with E-state index in [0.29, 0.717) is 55.5 Å². The monoisotopic (exact) mass is 438 g/mol. The molecule has 3 heterocycles. The van der Waals surface area contributed by atoms with Crippen LogP contribution >= 0.6 is 0 Å². The molecule has 4 rings (SSSR count). The van der Waals surface area contributed by atoms with Crippen LogP contribution in [0.1, 0.15) is 45.1 Å². The van der Waals surface area contributed by atoms with Crippen molar-refractivity contribution in [3.8, 4) is 0 Å². The minimum Gasteiger partial charge on any atom is -0.388 e. The number of aliphatic hydroxyl groups is 1. The smallest absolute Gasteiger partial charge is 0.287 e. The van der Waals surface area contributed by atoms with E-state index in [0.717, 1.165) is 6.42 Å². The molecule has 0 amide bonds. The van der Waals surface area contributed by atoms with E-state index in [2.05, 4.69) is 10.3 Å². The SMILES string of the molecule is C[C@@]1(O)CCC[C@H]1n1c(=O)c(F)cc2cnc(NC3CCN(S(C)(=O)=O)CC3)cc21. The van der Waals surface area contributed by atoms with Crippen LogP contribution in [0.3, 0.4) is 0 Å². The lowest BCUT2D eigenvalue weighted by atomic mass is 9.99. The van der Waals surface area contributed by atoms with E-state index >= 15 is 0 Å². The molecule has 0 unspecified atom stereocenters. The molecule has 1 saturated heterocycles. The molecule has 2 aromatic heterocycles. The van der Waals surface area contributed by atoms with Gasteiger partial charge in [-0.1, -0.05) is 0 Å². The van der Waals surface area contributed by atoms with Gasteiger partial charge in [-0.2, -0.15) is 0 Å². The zero-order chi connectivity index (χ0) is 21.7. The molecular weight excluding hydrogens is 411 g/mol. The molecule has 2 aliphatic rings. The Bertz CT molecular complexity index is 1120. The van der Waals surface area contributed by atoms with Crippen LogP contribution in [0.25, 0.3) is 10.9 Å². The highest BCUT2D eigenvalue weighted by atomic mass is 32.2. The van der Waals surface area contributed by atoms with Gasteiger partial charge >= 0.3 is 0 Å². The maximum atomic E-state index is 14.3. The van der Waals surface area contributed by atoms with Gasteiger partial charge in [0, 0.05) is 36.8 Å². The van der Waals surface area contributed by atoms with Crippen LogP contribution in [-0.2, 0) is 10.0 Å². The summed E-state index contributed by atoms with van der Waals surface area (Å²) in [5.74, 6) is -0.321. The topological polar surface area (TPSA) is 105 Å². The van der Waals surface area contributed by atoms with Gasteiger partial charge in [-0.15, -0.1) is 0 Å². The second-order valence-corrected chi connectivity index (χ2v) is 10.6. The molecule has 1 saturated carbocycles. The number of hydrogen-bond donors (Lipinski definition) is 2. The molecule has 1 aliphatic carbocycles. The highest BCUT2D eigenvalue weighted by Gasteiger charge is 2.39. The Morgan fingerprint density at radius 2 is 1.97 bits per heavy atom.